The number of benzene rings is 1. The van der Waals surface area contributed by atoms with Crippen LogP contribution < -0.4 is 10.5 Å². The lowest BCUT2D eigenvalue weighted by Gasteiger charge is -2.09. The quantitative estimate of drug-likeness (QED) is 0.775. The second-order valence-corrected chi connectivity index (χ2v) is 5.39. The number of nitrogen functional groups attached to an aromatic ring is 1. The van der Waals surface area contributed by atoms with Crippen LogP contribution in [0, 0.1) is 0 Å². The first kappa shape index (κ1) is 12.7. The van der Waals surface area contributed by atoms with Gasteiger partial charge in [-0.2, -0.15) is 0 Å². The Kier molecular flexibility index (Phi) is 3.91. The van der Waals surface area contributed by atoms with Crippen molar-refractivity contribution in [3.8, 4) is 11.5 Å². The molecule has 0 radical (unpaired) electrons. The Hall–Kier alpha value is -0.780. The minimum atomic E-state index is 0.521. The topological polar surface area (TPSA) is 48.1 Å². The summed E-state index contributed by atoms with van der Waals surface area (Å²) in [6.45, 7) is 0. The number of hydrogen-bond donors (Lipinski definition) is 1. The molecular weight excluding hydrogens is 371 g/mol. The minimum Gasteiger partial charge on any atom is -0.454 e. The third-order valence-electron chi connectivity index (χ3n) is 1.96. The van der Waals surface area contributed by atoms with Crippen LogP contribution in [0.4, 0.5) is 5.69 Å². The monoisotopic (exact) mass is 376 g/mol. The van der Waals surface area contributed by atoms with Crippen molar-refractivity contribution in [2.75, 3.05) is 5.73 Å². The summed E-state index contributed by atoms with van der Waals surface area (Å²) >= 11 is 12.5. The van der Waals surface area contributed by atoms with Crippen molar-refractivity contribution in [3.05, 3.63) is 44.6 Å². The smallest absolute Gasteiger partial charge is 0.147 e. The van der Waals surface area contributed by atoms with Gasteiger partial charge in [-0.15, -0.1) is 0 Å². The van der Waals surface area contributed by atoms with Gasteiger partial charge in [0.1, 0.15) is 11.5 Å². The van der Waals surface area contributed by atoms with Gasteiger partial charge in [-0.25, -0.2) is 0 Å². The van der Waals surface area contributed by atoms with Crippen LogP contribution in [0.3, 0.4) is 0 Å². The van der Waals surface area contributed by atoms with Crippen LogP contribution in [0.5, 0.6) is 11.5 Å². The van der Waals surface area contributed by atoms with Crippen molar-refractivity contribution < 1.29 is 4.74 Å². The van der Waals surface area contributed by atoms with Gasteiger partial charge in [0.05, 0.1) is 15.7 Å². The Morgan fingerprint density at radius 2 is 1.88 bits per heavy atom. The fourth-order valence-corrected chi connectivity index (χ4v) is 2.13. The molecule has 2 rings (SSSR count). The van der Waals surface area contributed by atoms with E-state index >= 15 is 0 Å². The first-order chi connectivity index (χ1) is 8.06. The van der Waals surface area contributed by atoms with Crippen LogP contribution in [0.25, 0.3) is 0 Å². The van der Waals surface area contributed by atoms with Gasteiger partial charge in [0, 0.05) is 22.4 Å². The lowest BCUT2D eigenvalue weighted by Crippen LogP contribution is -1.91. The molecule has 88 valence electrons. The van der Waals surface area contributed by atoms with Gasteiger partial charge in [-0.3, -0.25) is 4.98 Å². The highest BCUT2D eigenvalue weighted by Gasteiger charge is 2.07. The number of nitrogens with two attached hydrogens (primary N) is 1. The number of aromatic nitrogens is 1. The second-order valence-electron chi connectivity index (χ2n) is 3.25. The molecule has 1 aromatic heterocycles. The van der Waals surface area contributed by atoms with E-state index < -0.39 is 0 Å². The zero-order chi connectivity index (χ0) is 12.4. The molecule has 0 atom stereocenters. The molecule has 0 amide bonds. The predicted octanol–water partition coefficient (Wildman–Crippen LogP) is 4.63. The van der Waals surface area contributed by atoms with Crippen molar-refractivity contribution in [2.24, 2.45) is 0 Å². The number of anilines is 1. The van der Waals surface area contributed by atoms with E-state index in [9.17, 15) is 0 Å². The van der Waals surface area contributed by atoms with Crippen molar-refractivity contribution >= 4 is 49.1 Å². The summed E-state index contributed by atoms with van der Waals surface area (Å²) in [5, 5.41) is 0.521. The van der Waals surface area contributed by atoms with Crippen molar-refractivity contribution in [1.82, 2.24) is 4.98 Å². The van der Waals surface area contributed by atoms with E-state index in [1.54, 1.807) is 30.6 Å². The van der Waals surface area contributed by atoms with Crippen LogP contribution in [0.1, 0.15) is 0 Å². The molecule has 0 saturated heterocycles. The third-order valence-corrected chi connectivity index (χ3v) is 3.47. The van der Waals surface area contributed by atoms with Gasteiger partial charge in [-0.05, 0) is 44.0 Å². The Balaban J connectivity index is 2.33. The van der Waals surface area contributed by atoms with Crippen molar-refractivity contribution in [2.45, 2.75) is 0 Å². The maximum atomic E-state index is 5.82. The fourth-order valence-electron chi connectivity index (χ4n) is 1.20. The maximum Gasteiger partial charge on any atom is 0.147 e. The highest BCUT2D eigenvalue weighted by atomic mass is 79.9. The highest BCUT2D eigenvalue weighted by Crippen LogP contribution is 2.35. The molecule has 0 aliphatic carbocycles. The van der Waals surface area contributed by atoms with Crippen LogP contribution in [0.15, 0.2) is 39.5 Å². The fraction of sp³-hybridized carbons (Fsp3) is 0. The van der Waals surface area contributed by atoms with Gasteiger partial charge < -0.3 is 10.5 Å². The number of nitrogens with zero attached hydrogens (tertiary/aromatic N) is 1. The second kappa shape index (κ2) is 5.25. The average molecular weight is 378 g/mol. The summed E-state index contributed by atoms with van der Waals surface area (Å²) in [6, 6.07) is 5.23. The predicted molar refractivity (Wildman–Crippen MR) is 75.6 cm³/mol. The van der Waals surface area contributed by atoms with Crippen LogP contribution in [0.2, 0.25) is 5.02 Å². The number of ether oxygens (including phenoxy) is 1. The normalized spacial score (nSPS) is 10.3. The first-order valence-corrected chi connectivity index (χ1v) is 6.55. The Labute approximate surface area is 120 Å². The van der Waals surface area contributed by atoms with Crippen LogP contribution in [-0.2, 0) is 0 Å². The van der Waals surface area contributed by atoms with E-state index in [1.807, 2.05) is 0 Å². The van der Waals surface area contributed by atoms with E-state index in [1.165, 1.54) is 0 Å². The van der Waals surface area contributed by atoms with E-state index in [0.29, 0.717) is 22.2 Å². The van der Waals surface area contributed by atoms with Crippen LogP contribution in [-0.4, -0.2) is 4.98 Å². The average Bonchev–Trinajstić information content (AvgIpc) is 2.26. The van der Waals surface area contributed by atoms with E-state index in [4.69, 9.17) is 22.1 Å². The number of halogens is 3. The summed E-state index contributed by atoms with van der Waals surface area (Å²) in [6.07, 6.45) is 3.13. The number of rotatable bonds is 2. The number of hydrogen-bond acceptors (Lipinski definition) is 3. The molecule has 6 heteroatoms. The molecular formula is C11H7Br2ClN2O. The van der Waals surface area contributed by atoms with E-state index in [-0.39, 0.29) is 0 Å². The SMILES string of the molecule is Nc1cc(Br)c(Oc2cncc(Cl)c2)cc1Br. The zero-order valence-corrected chi connectivity index (χ0v) is 12.4. The molecule has 3 nitrogen and oxygen atoms in total. The molecule has 0 unspecified atom stereocenters. The van der Waals surface area contributed by atoms with Gasteiger partial charge in [0.2, 0.25) is 0 Å². The molecule has 1 heterocycles. The highest BCUT2D eigenvalue weighted by molar-refractivity contribution is 9.11. The summed E-state index contributed by atoms with van der Waals surface area (Å²) in [5.41, 5.74) is 6.37. The van der Waals surface area contributed by atoms with E-state index in [2.05, 4.69) is 36.8 Å². The molecule has 0 aliphatic heterocycles. The molecule has 2 N–H and O–H groups in total. The lowest BCUT2D eigenvalue weighted by molar-refractivity contribution is 0.477. The van der Waals surface area contributed by atoms with Gasteiger partial charge in [0.15, 0.2) is 0 Å². The minimum absolute atomic E-state index is 0.521. The zero-order valence-electron chi connectivity index (χ0n) is 8.45. The molecule has 0 fully saturated rings. The summed E-state index contributed by atoms with van der Waals surface area (Å²) in [7, 11) is 0. The van der Waals surface area contributed by atoms with Crippen LogP contribution >= 0.6 is 43.5 Å². The largest absolute Gasteiger partial charge is 0.454 e. The Morgan fingerprint density at radius 3 is 2.59 bits per heavy atom. The third kappa shape index (κ3) is 3.12. The van der Waals surface area contributed by atoms with Crippen molar-refractivity contribution in [1.29, 1.82) is 0 Å². The standard InChI is InChI=1S/C11H7Br2ClN2O/c12-8-3-11(9(13)2-10(8)15)17-7-1-6(14)4-16-5-7/h1-5H,15H2. The number of pyridine rings is 1. The van der Waals surface area contributed by atoms with Gasteiger partial charge >= 0.3 is 0 Å². The Bertz CT molecular complexity index is 563. The molecule has 17 heavy (non-hydrogen) atoms. The molecule has 0 aliphatic rings. The van der Waals surface area contributed by atoms with E-state index in [0.717, 1.165) is 8.95 Å². The Morgan fingerprint density at radius 1 is 1.12 bits per heavy atom. The summed E-state index contributed by atoms with van der Waals surface area (Å²) in [4.78, 5) is 3.94. The lowest BCUT2D eigenvalue weighted by atomic mass is 10.3. The molecule has 0 saturated carbocycles. The summed E-state index contributed by atoms with van der Waals surface area (Å²) in [5.74, 6) is 1.20. The molecule has 2 aromatic rings. The molecule has 0 spiro atoms. The van der Waals surface area contributed by atoms with Gasteiger partial charge in [-0.1, -0.05) is 11.6 Å². The maximum absolute atomic E-state index is 5.82. The molecule has 1 aromatic carbocycles. The summed E-state index contributed by atoms with van der Waals surface area (Å²) < 4.78 is 7.18. The first-order valence-electron chi connectivity index (χ1n) is 4.59. The van der Waals surface area contributed by atoms with Gasteiger partial charge in [0.25, 0.3) is 0 Å². The van der Waals surface area contributed by atoms with Crippen molar-refractivity contribution in [3.63, 3.8) is 0 Å². The molecule has 0 bridgehead atoms.